The summed E-state index contributed by atoms with van der Waals surface area (Å²) < 4.78 is 8.87. The normalized spacial score (nSPS) is 9.65. The molecule has 3 aromatic rings. The van der Waals surface area contributed by atoms with Crippen molar-refractivity contribution in [1.82, 2.24) is 20.7 Å². The summed E-state index contributed by atoms with van der Waals surface area (Å²) in [6.07, 6.45) is 2.88. The van der Waals surface area contributed by atoms with Crippen LogP contribution in [0.4, 0.5) is 5.69 Å². The fourth-order valence-electron chi connectivity index (χ4n) is 1.07. The molecule has 0 aliphatic carbocycles. The molecule has 0 saturated heterocycles. The van der Waals surface area contributed by atoms with Crippen molar-refractivity contribution in [2.24, 2.45) is 0 Å². The maximum atomic E-state index is 10.4. The van der Waals surface area contributed by atoms with Gasteiger partial charge in [0.25, 0.3) is 0 Å². The van der Waals surface area contributed by atoms with Crippen LogP contribution in [-0.2, 0) is 0 Å². The number of rotatable bonds is 1. The molecule has 0 spiro atoms. The molecular formula is C8H5N5O4. The second-order valence-corrected chi connectivity index (χ2v) is 2.74. The third kappa shape index (κ3) is 2.40. The van der Waals surface area contributed by atoms with Gasteiger partial charge in [-0.05, 0) is 6.07 Å². The predicted octanol–water partition coefficient (Wildman–Crippen LogP) is 1.20. The highest BCUT2D eigenvalue weighted by atomic mass is 16.6. The topological polar surface area (TPSA) is 121 Å². The van der Waals surface area contributed by atoms with E-state index in [0.717, 1.165) is 0 Å². The van der Waals surface area contributed by atoms with Crippen LogP contribution in [-0.4, -0.2) is 25.7 Å². The summed E-state index contributed by atoms with van der Waals surface area (Å²) in [6.45, 7) is 0. The zero-order valence-electron chi connectivity index (χ0n) is 8.26. The molecule has 1 aromatic carbocycles. The van der Waals surface area contributed by atoms with Crippen LogP contribution in [0.15, 0.2) is 39.7 Å². The third-order valence-corrected chi connectivity index (χ3v) is 1.74. The number of fused-ring (bicyclic) bond motifs is 1. The molecule has 3 rings (SSSR count). The Bertz CT molecular complexity index is 588. The molecule has 17 heavy (non-hydrogen) atoms. The SMILES string of the molecule is O=[N+]([O-])c1cccc2onnc12.c1conn1. The molecule has 2 heterocycles. The Morgan fingerprint density at radius 1 is 1.29 bits per heavy atom. The Morgan fingerprint density at radius 2 is 2.18 bits per heavy atom. The smallest absolute Gasteiger partial charge is 0.300 e. The molecule has 0 saturated carbocycles. The van der Waals surface area contributed by atoms with Gasteiger partial charge in [0.05, 0.1) is 11.1 Å². The van der Waals surface area contributed by atoms with Gasteiger partial charge in [0.2, 0.25) is 5.52 Å². The van der Waals surface area contributed by atoms with E-state index < -0.39 is 4.92 Å². The van der Waals surface area contributed by atoms with Crippen LogP contribution in [0.3, 0.4) is 0 Å². The third-order valence-electron chi connectivity index (χ3n) is 1.74. The Labute approximate surface area is 93.1 Å². The van der Waals surface area contributed by atoms with E-state index >= 15 is 0 Å². The van der Waals surface area contributed by atoms with Gasteiger partial charge in [0.1, 0.15) is 6.26 Å². The second kappa shape index (κ2) is 4.79. The van der Waals surface area contributed by atoms with Crippen LogP contribution >= 0.6 is 0 Å². The molecule has 0 unspecified atom stereocenters. The monoisotopic (exact) mass is 235 g/mol. The number of nitro benzene ring substituents is 1. The predicted molar refractivity (Wildman–Crippen MR) is 52.8 cm³/mol. The molecule has 0 bridgehead atoms. The van der Waals surface area contributed by atoms with Crippen molar-refractivity contribution in [3.8, 4) is 0 Å². The van der Waals surface area contributed by atoms with Gasteiger partial charge in [-0.25, -0.2) is 0 Å². The highest BCUT2D eigenvalue weighted by Crippen LogP contribution is 2.21. The van der Waals surface area contributed by atoms with Gasteiger partial charge < -0.3 is 9.05 Å². The average molecular weight is 235 g/mol. The Kier molecular flexibility index (Phi) is 3.01. The summed E-state index contributed by atoms with van der Waals surface area (Å²) in [4.78, 5) is 9.89. The number of hydrogen-bond acceptors (Lipinski definition) is 8. The molecular weight excluding hydrogens is 230 g/mol. The fourth-order valence-corrected chi connectivity index (χ4v) is 1.07. The second-order valence-electron chi connectivity index (χ2n) is 2.74. The molecule has 86 valence electrons. The van der Waals surface area contributed by atoms with E-state index in [1.807, 2.05) is 0 Å². The molecule has 9 nitrogen and oxygen atoms in total. The van der Waals surface area contributed by atoms with Crippen molar-refractivity contribution in [2.75, 3.05) is 0 Å². The van der Waals surface area contributed by atoms with Gasteiger partial charge in [-0.2, -0.15) is 0 Å². The Morgan fingerprint density at radius 3 is 2.76 bits per heavy atom. The quantitative estimate of drug-likeness (QED) is 0.455. The van der Waals surface area contributed by atoms with E-state index in [0.29, 0.717) is 5.58 Å². The molecule has 2 aromatic heterocycles. The van der Waals surface area contributed by atoms with Crippen LogP contribution in [0.25, 0.3) is 11.1 Å². The zero-order chi connectivity index (χ0) is 12.1. The number of non-ortho nitro benzene ring substituents is 1. The van der Waals surface area contributed by atoms with Crippen LogP contribution < -0.4 is 0 Å². The van der Waals surface area contributed by atoms with Gasteiger partial charge in [-0.15, -0.1) is 10.2 Å². The molecule has 0 N–H and O–H groups in total. The van der Waals surface area contributed by atoms with Crippen LogP contribution in [0.1, 0.15) is 0 Å². The van der Waals surface area contributed by atoms with E-state index in [-0.39, 0.29) is 11.2 Å². The van der Waals surface area contributed by atoms with Crippen molar-refractivity contribution < 1.29 is 14.0 Å². The highest BCUT2D eigenvalue weighted by Gasteiger charge is 2.14. The zero-order valence-corrected chi connectivity index (χ0v) is 8.26. The van der Waals surface area contributed by atoms with Crippen molar-refractivity contribution in [2.45, 2.75) is 0 Å². The molecule has 9 heteroatoms. The number of nitrogens with zero attached hydrogens (tertiary/aromatic N) is 5. The Hall–Kier alpha value is -2.84. The lowest BCUT2D eigenvalue weighted by Gasteiger charge is -1.87. The minimum atomic E-state index is -0.521. The summed E-state index contributed by atoms with van der Waals surface area (Å²) in [5, 5.41) is 23.5. The van der Waals surface area contributed by atoms with Crippen molar-refractivity contribution in [3.63, 3.8) is 0 Å². The number of nitro groups is 1. The maximum Gasteiger partial charge on any atom is 0.300 e. The first-order valence-corrected chi connectivity index (χ1v) is 4.35. The molecule has 0 aliphatic heterocycles. The van der Waals surface area contributed by atoms with Crippen molar-refractivity contribution in [1.29, 1.82) is 0 Å². The first kappa shape index (κ1) is 10.7. The molecule has 0 aliphatic rings. The van der Waals surface area contributed by atoms with Gasteiger partial charge in [0, 0.05) is 16.6 Å². The van der Waals surface area contributed by atoms with Crippen LogP contribution in [0.5, 0.6) is 0 Å². The minimum absolute atomic E-state index is 0.0891. The lowest BCUT2D eigenvalue weighted by molar-refractivity contribution is -0.383. The summed E-state index contributed by atoms with van der Waals surface area (Å²) >= 11 is 0. The van der Waals surface area contributed by atoms with Gasteiger partial charge in [-0.3, -0.25) is 10.1 Å². The highest BCUT2D eigenvalue weighted by molar-refractivity contribution is 5.81. The first-order valence-electron chi connectivity index (χ1n) is 4.35. The van der Waals surface area contributed by atoms with Crippen molar-refractivity contribution >= 4 is 16.8 Å². The van der Waals surface area contributed by atoms with Crippen LogP contribution in [0, 0.1) is 10.1 Å². The number of hydrogen-bond donors (Lipinski definition) is 0. The largest absolute Gasteiger partial charge is 0.346 e. The lowest BCUT2D eigenvalue weighted by atomic mass is 10.3. The average Bonchev–Trinajstić information content (AvgIpc) is 3.02. The summed E-state index contributed by atoms with van der Waals surface area (Å²) in [5.74, 6) is 0. The van der Waals surface area contributed by atoms with E-state index in [1.165, 1.54) is 24.6 Å². The van der Waals surface area contributed by atoms with E-state index in [9.17, 15) is 10.1 Å². The summed E-state index contributed by atoms with van der Waals surface area (Å²) in [6, 6.07) is 4.45. The lowest BCUT2D eigenvalue weighted by Crippen LogP contribution is -1.88. The fraction of sp³-hybridized carbons (Fsp3) is 0. The molecule has 0 radical (unpaired) electrons. The van der Waals surface area contributed by atoms with E-state index in [4.69, 9.17) is 0 Å². The van der Waals surface area contributed by atoms with Gasteiger partial charge >= 0.3 is 5.69 Å². The van der Waals surface area contributed by atoms with Gasteiger partial charge in [-0.1, -0.05) is 6.07 Å². The van der Waals surface area contributed by atoms with E-state index in [2.05, 4.69) is 29.8 Å². The minimum Gasteiger partial charge on any atom is -0.346 e. The van der Waals surface area contributed by atoms with Crippen molar-refractivity contribution in [3.05, 3.63) is 40.8 Å². The summed E-state index contributed by atoms with van der Waals surface area (Å²) in [7, 11) is 0. The first-order chi connectivity index (χ1) is 8.29. The number of benzene rings is 1. The van der Waals surface area contributed by atoms with E-state index in [1.54, 1.807) is 6.07 Å². The maximum absolute atomic E-state index is 10.4. The van der Waals surface area contributed by atoms with Gasteiger partial charge in [0.15, 0.2) is 5.58 Å². The Balaban J connectivity index is 0.000000181. The number of aromatic nitrogens is 4. The molecule has 0 atom stereocenters. The standard InChI is InChI=1S/C6H3N3O3.C2H2N2O/c10-9(11)4-2-1-3-5-6(4)7-8-12-5;1-2-5-4-3-1/h1-3H;1-2H. The van der Waals surface area contributed by atoms with Crippen LogP contribution in [0.2, 0.25) is 0 Å². The molecule has 0 fully saturated rings. The molecule has 0 amide bonds. The summed E-state index contributed by atoms with van der Waals surface area (Å²) in [5.41, 5.74) is 0.417.